The smallest absolute Gasteiger partial charge is 0.239 e. The lowest BCUT2D eigenvalue weighted by Crippen LogP contribution is -2.54. The number of hydrogen-bond donors (Lipinski definition) is 2. The summed E-state index contributed by atoms with van der Waals surface area (Å²) in [7, 11) is 0. The second-order valence-electron chi connectivity index (χ2n) is 7.23. The van der Waals surface area contributed by atoms with E-state index in [0.29, 0.717) is 12.3 Å². The van der Waals surface area contributed by atoms with Crippen LogP contribution in [0.5, 0.6) is 0 Å². The lowest BCUT2D eigenvalue weighted by atomic mass is 10.0. The molecular formula is C19H28N4O. The van der Waals surface area contributed by atoms with Gasteiger partial charge in [0, 0.05) is 44.4 Å². The number of aromatic amines is 1. The van der Waals surface area contributed by atoms with Crippen LogP contribution in [0, 0.1) is 5.92 Å². The van der Waals surface area contributed by atoms with Crippen LogP contribution >= 0.6 is 0 Å². The van der Waals surface area contributed by atoms with Crippen LogP contribution in [0.1, 0.15) is 19.4 Å². The third-order valence-corrected chi connectivity index (χ3v) is 4.70. The number of nitrogens with two attached hydrogens (primary N) is 1. The van der Waals surface area contributed by atoms with Gasteiger partial charge in [0.15, 0.2) is 0 Å². The quantitative estimate of drug-likeness (QED) is 0.880. The number of fused-ring (bicyclic) bond motifs is 1. The zero-order valence-electron chi connectivity index (χ0n) is 14.7. The average molecular weight is 328 g/mol. The van der Waals surface area contributed by atoms with Crippen LogP contribution in [0.4, 0.5) is 0 Å². The topological polar surface area (TPSA) is 65.4 Å². The Morgan fingerprint density at radius 2 is 1.96 bits per heavy atom. The van der Waals surface area contributed by atoms with E-state index in [9.17, 15) is 4.79 Å². The molecule has 3 N–H and O–H groups in total. The number of carbonyl (C=O) groups excluding carboxylic acids is 1. The summed E-state index contributed by atoms with van der Waals surface area (Å²) in [5.74, 6) is 0.742. The molecule has 24 heavy (non-hydrogen) atoms. The molecule has 1 fully saturated rings. The standard InChI is InChI=1S/C19H28N4O/c1-14(2)13-22-7-9-23(10-8-22)19(24)17(20)12-15-3-4-18-16(11-15)5-6-21-18/h3-6,11,14,17,21H,7-10,12-13,20H2,1-2H3. The molecule has 2 heterocycles. The molecule has 0 spiro atoms. The first-order valence-electron chi connectivity index (χ1n) is 8.85. The molecule has 1 aliphatic heterocycles. The SMILES string of the molecule is CC(C)CN1CCN(C(=O)C(N)Cc2ccc3[nH]ccc3c2)CC1. The second-order valence-corrected chi connectivity index (χ2v) is 7.23. The van der Waals surface area contributed by atoms with E-state index in [1.54, 1.807) is 0 Å². The van der Waals surface area contributed by atoms with Gasteiger partial charge in [0.1, 0.15) is 0 Å². The Hall–Kier alpha value is -1.85. The van der Waals surface area contributed by atoms with E-state index in [4.69, 9.17) is 5.73 Å². The molecule has 1 aliphatic rings. The van der Waals surface area contributed by atoms with E-state index in [1.807, 2.05) is 29.3 Å². The van der Waals surface area contributed by atoms with Gasteiger partial charge < -0.3 is 15.6 Å². The fraction of sp³-hybridized carbons (Fsp3) is 0.526. The van der Waals surface area contributed by atoms with Gasteiger partial charge in [-0.1, -0.05) is 19.9 Å². The lowest BCUT2D eigenvalue weighted by Gasteiger charge is -2.36. The summed E-state index contributed by atoms with van der Waals surface area (Å²) in [6.45, 7) is 9.04. The van der Waals surface area contributed by atoms with Crippen molar-refractivity contribution in [1.29, 1.82) is 0 Å². The molecule has 1 unspecified atom stereocenters. The molecule has 1 aromatic heterocycles. The highest BCUT2D eigenvalue weighted by Gasteiger charge is 2.25. The zero-order chi connectivity index (χ0) is 17.1. The number of rotatable bonds is 5. The Morgan fingerprint density at radius 1 is 1.21 bits per heavy atom. The number of benzene rings is 1. The summed E-state index contributed by atoms with van der Waals surface area (Å²) < 4.78 is 0. The predicted molar refractivity (Wildman–Crippen MR) is 97.8 cm³/mol. The van der Waals surface area contributed by atoms with Crippen molar-refractivity contribution in [2.24, 2.45) is 11.7 Å². The molecule has 0 aliphatic carbocycles. The molecule has 0 bridgehead atoms. The number of nitrogens with zero attached hydrogens (tertiary/aromatic N) is 2. The van der Waals surface area contributed by atoms with E-state index >= 15 is 0 Å². The Kier molecular flexibility index (Phi) is 5.21. The van der Waals surface area contributed by atoms with Crippen molar-refractivity contribution in [2.75, 3.05) is 32.7 Å². The van der Waals surface area contributed by atoms with Gasteiger partial charge >= 0.3 is 0 Å². The van der Waals surface area contributed by atoms with Gasteiger partial charge in [-0.2, -0.15) is 0 Å². The van der Waals surface area contributed by atoms with Crippen LogP contribution in [0.15, 0.2) is 30.5 Å². The number of hydrogen-bond acceptors (Lipinski definition) is 3. The Labute approximate surface area is 143 Å². The maximum atomic E-state index is 12.6. The second kappa shape index (κ2) is 7.36. The molecule has 1 atom stereocenters. The van der Waals surface area contributed by atoms with Crippen molar-refractivity contribution in [3.8, 4) is 0 Å². The number of nitrogens with one attached hydrogen (secondary N) is 1. The molecule has 0 saturated carbocycles. The lowest BCUT2D eigenvalue weighted by molar-refractivity contribution is -0.134. The Balaban J connectivity index is 1.55. The minimum Gasteiger partial charge on any atom is -0.361 e. The van der Waals surface area contributed by atoms with Gasteiger partial charge in [-0.05, 0) is 41.5 Å². The highest BCUT2D eigenvalue weighted by molar-refractivity contribution is 5.83. The highest BCUT2D eigenvalue weighted by atomic mass is 16.2. The molecule has 1 saturated heterocycles. The summed E-state index contributed by atoms with van der Waals surface area (Å²) in [5.41, 5.74) is 8.43. The monoisotopic (exact) mass is 328 g/mol. The van der Waals surface area contributed by atoms with E-state index in [1.165, 1.54) is 0 Å². The zero-order valence-corrected chi connectivity index (χ0v) is 14.7. The molecule has 3 rings (SSSR count). The van der Waals surface area contributed by atoms with Crippen molar-refractivity contribution >= 4 is 16.8 Å². The number of aromatic nitrogens is 1. The number of carbonyl (C=O) groups is 1. The van der Waals surface area contributed by atoms with Gasteiger partial charge in [0.05, 0.1) is 6.04 Å². The number of piperazine rings is 1. The van der Waals surface area contributed by atoms with Crippen molar-refractivity contribution in [1.82, 2.24) is 14.8 Å². The first kappa shape index (κ1) is 17.0. The van der Waals surface area contributed by atoms with Crippen molar-refractivity contribution in [3.63, 3.8) is 0 Å². The van der Waals surface area contributed by atoms with Gasteiger partial charge in [0.25, 0.3) is 0 Å². The van der Waals surface area contributed by atoms with E-state index in [0.717, 1.165) is 49.2 Å². The summed E-state index contributed by atoms with van der Waals surface area (Å²) in [6.07, 6.45) is 2.52. The third kappa shape index (κ3) is 3.97. The summed E-state index contributed by atoms with van der Waals surface area (Å²) in [6, 6.07) is 7.79. The van der Waals surface area contributed by atoms with Gasteiger partial charge in [-0.15, -0.1) is 0 Å². The first-order valence-corrected chi connectivity index (χ1v) is 8.85. The minimum atomic E-state index is -0.460. The largest absolute Gasteiger partial charge is 0.361 e. The van der Waals surface area contributed by atoms with Gasteiger partial charge in [0.2, 0.25) is 5.91 Å². The van der Waals surface area contributed by atoms with E-state index in [2.05, 4.69) is 29.8 Å². The van der Waals surface area contributed by atoms with Gasteiger partial charge in [-0.3, -0.25) is 9.69 Å². The fourth-order valence-corrected chi connectivity index (χ4v) is 3.47. The van der Waals surface area contributed by atoms with Crippen LogP contribution in [-0.2, 0) is 11.2 Å². The number of amides is 1. The van der Waals surface area contributed by atoms with Crippen molar-refractivity contribution < 1.29 is 4.79 Å². The van der Waals surface area contributed by atoms with Crippen molar-refractivity contribution in [3.05, 3.63) is 36.0 Å². The molecule has 1 amide bonds. The highest BCUT2D eigenvalue weighted by Crippen LogP contribution is 2.16. The summed E-state index contributed by atoms with van der Waals surface area (Å²) >= 11 is 0. The average Bonchev–Trinajstić information content (AvgIpc) is 3.02. The van der Waals surface area contributed by atoms with Crippen LogP contribution in [0.25, 0.3) is 10.9 Å². The molecule has 0 radical (unpaired) electrons. The molecule has 5 nitrogen and oxygen atoms in total. The Bertz CT molecular complexity index is 685. The third-order valence-electron chi connectivity index (χ3n) is 4.70. The number of H-pyrrole nitrogens is 1. The van der Waals surface area contributed by atoms with E-state index in [-0.39, 0.29) is 5.91 Å². The Morgan fingerprint density at radius 3 is 2.67 bits per heavy atom. The van der Waals surface area contributed by atoms with Gasteiger partial charge in [-0.25, -0.2) is 0 Å². The predicted octanol–water partition coefficient (Wildman–Crippen LogP) is 1.84. The molecule has 2 aromatic rings. The maximum Gasteiger partial charge on any atom is 0.239 e. The molecule has 130 valence electrons. The van der Waals surface area contributed by atoms with Crippen molar-refractivity contribution in [2.45, 2.75) is 26.3 Å². The van der Waals surface area contributed by atoms with Crippen LogP contribution in [0.2, 0.25) is 0 Å². The summed E-state index contributed by atoms with van der Waals surface area (Å²) in [4.78, 5) is 20.2. The first-order chi connectivity index (χ1) is 11.5. The molecule has 5 heteroatoms. The molecule has 1 aromatic carbocycles. The van der Waals surface area contributed by atoms with E-state index < -0.39 is 6.04 Å². The normalized spacial score (nSPS) is 17.6. The molecular weight excluding hydrogens is 300 g/mol. The van der Waals surface area contributed by atoms with Crippen LogP contribution in [0.3, 0.4) is 0 Å². The summed E-state index contributed by atoms with van der Waals surface area (Å²) in [5, 5.41) is 1.16. The van der Waals surface area contributed by atoms with Crippen LogP contribution < -0.4 is 5.73 Å². The van der Waals surface area contributed by atoms with Crippen LogP contribution in [-0.4, -0.2) is 59.5 Å². The minimum absolute atomic E-state index is 0.0772. The maximum absolute atomic E-state index is 12.6. The fourth-order valence-electron chi connectivity index (χ4n) is 3.47.